The summed E-state index contributed by atoms with van der Waals surface area (Å²) in [4.78, 5) is 26.3. The maximum Gasteiger partial charge on any atom is 0.338 e. The molecule has 0 bridgehead atoms. The summed E-state index contributed by atoms with van der Waals surface area (Å²) < 4.78 is 31.9. The van der Waals surface area contributed by atoms with Crippen LogP contribution >= 0.6 is 0 Å². The number of hydrogen-bond acceptors (Lipinski definition) is 5. The maximum atomic E-state index is 12.8. The lowest BCUT2D eigenvalue weighted by Gasteiger charge is -2.30. The van der Waals surface area contributed by atoms with Gasteiger partial charge in [-0.25, -0.2) is 13.2 Å². The van der Waals surface area contributed by atoms with Gasteiger partial charge >= 0.3 is 5.97 Å². The monoisotopic (exact) mass is 432 g/mol. The minimum atomic E-state index is -3.77. The average Bonchev–Trinajstić information content (AvgIpc) is 2.71. The molecule has 0 spiro atoms. The van der Waals surface area contributed by atoms with Crippen LogP contribution in [0.3, 0.4) is 0 Å². The van der Waals surface area contributed by atoms with Crippen molar-refractivity contribution in [2.75, 3.05) is 18.0 Å². The van der Waals surface area contributed by atoms with Gasteiger partial charge in [0.25, 0.3) is 15.9 Å². The number of carbonyl (C=O) groups is 2. The number of anilines is 1. The lowest BCUT2D eigenvalue weighted by atomic mass is 10.2. The van der Waals surface area contributed by atoms with Crippen LogP contribution in [0.1, 0.15) is 38.1 Å². The number of rotatable bonds is 8. The number of amides is 1. The van der Waals surface area contributed by atoms with E-state index in [4.69, 9.17) is 4.74 Å². The molecule has 0 aliphatic rings. The molecule has 0 saturated carbocycles. The first-order valence-electron chi connectivity index (χ1n) is 9.68. The number of carbonyl (C=O) groups excluding carboxylic acids is 2. The van der Waals surface area contributed by atoms with E-state index in [1.54, 1.807) is 35.2 Å². The van der Waals surface area contributed by atoms with E-state index >= 15 is 0 Å². The molecule has 1 amide bonds. The molecule has 0 aromatic heterocycles. The molecule has 162 valence electrons. The van der Waals surface area contributed by atoms with Crippen molar-refractivity contribution in [1.82, 2.24) is 4.90 Å². The largest absolute Gasteiger partial charge is 0.452 e. The summed E-state index contributed by atoms with van der Waals surface area (Å²) in [6, 6.07) is 14.1. The highest BCUT2D eigenvalue weighted by Crippen LogP contribution is 2.22. The van der Waals surface area contributed by atoms with Gasteiger partial charge in [0.1, 0.15) is 0 Å². The van der Waals surface area contributed by atoms with Crippen molar-refractivity contribution in [3.05, 3.63) is 60.2 Å². The number of nitrogens with zero attached hydrogens (tertiary/aromatic N) is 2. The number of benzene rings is 2. The highest BCUT2D eigenvalue weighted by Gasteiger charge is 2.23. The van der Waals surface area contributed by atoms with Gasteiger partial charge in [0.05, 0.1) is 16.1 Å². The smallest absolute Gasteiger partial charge is 0.338 e. The fourth-order valence-corrected chi connectivity index (χ4v) is 4.35. The molecular formula is C22H28N2O5S. The van der Waals surface area contributed by atoms with Crippen LogP contribution in [0.15, 0.2) is 59.5 Å². The van der Waals surface area contributed by atoms with Crippen LogP contribution in [0.25, 0.3) is 0 Å². The Morgan fingerprint density at radius 2 is 1.43 bits per heavy atom. The summed E-state index contributed by atoms with van der Waals surface area (Å²) in [5.74, 6) is -0.965. The minimum absolute atomic E-state index is 0.0118. The van der Waals surface area contributed by atoms with E-state index in [1.807, 2.05) is 27.7 Å². The van der Waals surface area contributed by atoms with Crippen LogP contribution in [0.2, 0.25) is 0 Å². The van der Waals surface area contributed by atoms with E-state index < -0.39 is 16.0 Å². The predicted octanol–water partition coefficient (Wildman–Crippen LogP) is 3.31. The topological polar surface area (TPSA) is 84.0 Å². The van der Waals surface area contributed by atoms with Crippen molar-refractivity contribution in [2.45, 2.75) is 44.7 Å². The average molecular weight is 433 g/mol. The molecule has 0 heterocycles. The molecule has 2 aromatic carbocycles. The zero-order valence-electron chi connectivity index (χ0n) is 17.9. The molecule has 2 aromatic rings. The predicted molar refractivity (Wildman–Crippen MR) is 116 cm³/mol. The number of para-hydroxylation sites is 1. The van der Waals surface area contributed by atoms with E-state index in [2.05, 4.69) is 0 Å². The molecule has 2 rings (SSSR count). The quantitative estimate of drug-likeness (QED) is 0.598. The maximum absolute atomic E-state index is 12.8. The van der Waals surface area contributed by atoms with Gasteiger partial charge in [-0.2, -0.15) is 0 Å². The van der Waals surface area contributed by atoms with Crippen molar-refractivity contribution in [2.24, 2.45) is 0 Å². The second kappa shape index (κ2) is 9.75. The van der Waals surface area contributed by atoms with E-state index in [0.29, 0.717) is 5.69 Å². The van der Waals surface area contributed by atoms with Gasteiger partial charge in [-0.3, -0.25) is 9.10 Å². The van der Waals surface area contributed by atoms with Gasteiger partial charge in [-0.15, -0.1) is 0 Å². The van der Waals surface area contributed by atoms with Gasteiger partial charge < -0.3 is 9.64 Å². The number of sulfonamides is 1. The van der Waals surface area contributed by atoms with Crippen molar-refractivity contribution in [3.8, 4) is 0 Å². The first kappa shape index (κ1) is 23.4. The Morgan fingerprint density at radius 3 is 1.93 bits per heavy atom. The number of esters is 1. The molecule has 30 heavy (non-hydrogen) atoms. The molecule has 0 radical (unpaired) electrons. The van der Waals surface area contributed by atoms with E-state index in [-0.39, 0.29) is 35.1 Å². The summed E-state index contributed by atoms with van der Waals surface area (Å²) in [6.45, 7) is 7.21. The Labute approximate surface area is 178 Å². The fourth-order valence-electron chi connectivity index (χ4n) is 3.16. The molecule has 0 fully saturated rings. The lowest BCUT2D eigenvalue weighted by molar-refractivity contribution is -0.138. The van der Waals surface area contributed by atoms with Crippen LogP contribution in [-0.2, 0) is 19.6 Å². The Bertz CT molecular complexity index is 962. The third-order valence-electron chi connectivity index (χ3n) is 4.60. The molecule has 0 atom stereocenters. The Morgan fingerprint density at radius 1 is 0.900 bits per heavy atom. The normalized spacial score (nSPS) is 11.4. The van der Waals surface area contributed by atoms with Gasteiger partial charge in [0.2, 0.25) is 0 Å². The van der Waals surface area contributed by atoms with Crippen LogP contribution in [-0.4, -0.2) is 50.9 Å². The molecule has 0 aliphatic carbocycles. The third kappa shape index (κ3) is 5.38. The highest BCUT2D eigenvalue weighted by molar-refractivity contribution is 7.92. The van der Waals surface area contributed by atoms with Crippen LogP contribution < -0.4 is 4.31 Å². The zero-order valence-corrected chi connectivity index (χ0v) is 18.7. The Balaban J connectivity index is 2.08. The van der Waals surface area contributed by atoms with Gasteiger partial charge in [0, 0.05) is 19.1 Å². The third-order valence-corrected chi connectivity index (χ3v) is 6.40. The summed E-state index contributed by atoms with van der Waals surface area (Å²) in [5.41, 5.74) is 0.698. The van der Waals surface area contributed by atoms with Gasteiger partial charge in [0.15, 0.2) is 6.61 Å². The second-order valence-corrected chi connectivity index (χ2v) is 9.37. The second-order valence-electron chi connectivity index (χ2n) is 7.40. The first-order chi connectivity index (χ1) is 14.1. The van der Waals surface area contributed by atoms with E-state index in [0.717, 1.165) is 0 Å². The molecule has 8 heteroatoms. The Hall–Kier alpha value is -2.87. The molecular weight excluding hydrogens is 404 g/mol. The lowest BCUT2D eigenvalue weighted by Crippen LogP contribution is -2.44. The van der Waals surface area contributed by atoms with Crippen molar-refractivity contribution >= 4 is 27.6 Å². The Kier molecular flexibility index (Phi) is 7.61. The van der Waals surface area contributed by atoms with Crippen LogP contribution in [0, 0.1) is 0 Å². The van der Waals surface area contributed by atoms with Gasteiger partial charge in [-0.05, 0) is 64.1 Å². The summed E-state index contributed by atoms with van der Waals surface area (Å²) in [7, 11) is -2.30. The fraction of sp³-hybridized carbons (Fsp3) is 0.364. The zero-order chi connectivity index (χ0) is 22.5. The van der Waals surface area contributed by atoms with Crippen molar-refractivity contribution in [1.29, 1.82) is 0 Å². The van der Waals surface area contributed by atoms with Crippen LogP contribution in [0.5, 0.6) is 0 Å². The minimum Gasteiger partial charge on any atom is -0.452 e. The molecule has 0 aliphatic heterocycles. The molecule has 0 saturated heterocycles. The van der Waals surface area contributed by atoms with E-state index in [9.17, 15) is 18.0 Å². The SMILES string of the molecule is CC(C)N(C(=O)COC(=O)c1ccc(S(=O)(=O)N(C)c2ccccc2)cc1)C(C)C. The summed E-state index contributed by atoms with van der Waals surface area (Å²) in [5, 5.41) is 0. The highest BCUT2D eigenvalue weighted by atomic mass is 32.2. The summed E-state index contributed by atoms with van der Waals surface area (Å²) >= 11 is 0. The van der Waals surface area contributed by atoms with Crippen LogP contribution in [0.4, 0.5) is 5.69 Å². The molecule has 0 unspecified atom stereocenters. The van der Waals surface area contributed by atoms with Gasteiger partial charge in [-0.1, -0.05) is 18.2 Å². The van der Waals surface area contributed by atoms with E-state index in [1.165, 1.54) is 35.6 Å². The standard InChI is InChI=1S/C22H28N2O5S/c1-16(2)24(17(3)4)21(25)15-29-22(26)18-11-13-20(14-12-18)30(27,28)23(5)19-9-7-6-8-10-19/h6-14,16-17H,15H2,1-5H3. The number of hydrogen-bond donors (Lipinski definition) is 0. The molecule has 0 N–H and O–H groups in total. The molecule has 7 nitrogen and oxygen atoms in total. The first-order valence-corrected chi connectivity index (χ1v) is 11.1. The number of ether oxygens (including phenoxy) is 1. The summed E-state index contributed by atoms with van der Waals surface area (Å²) in [6.07, 6.45) is 0. The van der Waals surface area contributed by atoms with Crippen molar-refractivity contribution < 1.29 is 22.7 Å². The van der Waals surface area contributed by atoms with Crippen molar-refractivity contribution in [3.63, 3.8) is 0 Å².